The Morgan fingerprint density at radius 3 is 1.59 bits per heavy atom. The van der Waals surface area contributed by atoms with Gasteiger partial charge in [0.1, 0.15) is 0 Å². The van der Waals surface area contributed by atoms with Crippen LogP contribution in [0, 0.1) is 46.3 Å². The number of unbranched alkanes of at least 4 members (excludes halogenated alkanes) is 6. The molecule has 0 heterocycles. The molecule has 3 rings (SSSR count). The molecule has 32 heavy (non-hydrogen) atoms. The van der Waals surface area contributed by atoms with Gasteiger partial charge in [0.2, 0.25) is 0 Å². The van der Waals surface area contributed by atoms with E-state index in [1.807, 2.05) is 0 Å². The van der Waals surface area contributed by atoms with Gasteiger partial charge in [-0.15, -0.1) is 0 Å². The molecule has 3 aliphatic carbocycles. The van der Waals surface area contributed by atoms with E-state index in [4.69, 9.17) is 0 Å². The third-order valence-electron chi connectivity index (χ3n) is 10.2. The monoisotopic (exact) mass is 441 g/mol. The molecule has 0 amide bonds. The summed E-state index contributed by atoms with van der Waals surface area (Å²) in [5, 5.41) is 9.95. The lowest BCUT2D eigenvalue weighted by molar-refractivity contribution is 0.0897. The van der Waals surface area contributed by atoms with E-state index in [1.165, 1.54) is 128 Å². The van der Waals surface area contributed by atoms with Crippen molar-refractivity contribution in [3.63, 3.8) is 0 Å². The quantitative estimate of drug-likeness (QED) is 0.276. The van der Waals surface area contributed by atoms with Gasteiger partial charge < -0.3 is 0 Å². The van der Waals surface area contributed by atoms with Crippen LogP contribution in [-0.2, 0) is 0 Å². The van der Waals surface area contributed by atoms with E-state index in [2.05, 4.69) is 19.9 Å². The van der Waals surface area contributed by atoms with Crippen molar-refractivity contribution >= 4 is 0 Å². The summed E-state index contributed by atoms with van der Waals surface area (Å²) < 4.78 is 0. The van der Waals surface area contributed by atoms with Crippen molar-refractivity contribution in [2.45, 2.75) is 155 Å². The van der Waals surface area contributed by atoms with Crippen LogP contribution in [0.4, 0.5) is 0 Å². The molecule has 0 unspecified atom stereocenters. The maximum absolute atomic E-state index is 9.95. The van der Waals surface area contributed by atoms with Crippen molar-refractivity contribution in [1.29, 1.82) is 5.26 Å². The van der Waals surface area contributed by atoms with Crippen molar-refractivity contribution in [1.82, 2.24) is 0 Å². The zero-order valence-electron chi connectivity index (χ0n) is 21.9. The fourth-order valence-electron chi connectivity index (χ4n) is 7.87. The Bertz CT molecular complexity index is 521. The Morgan fingerprint density at radius 2 is 1.06 bits per heavy atom. The highest BCUT2D eigenvalue weighted by Crippen LogP contribution is 2.49. The minimum absolute atomic E-state index is 0.0374. The summed E-state index contributed by atoms with van der Waals surface area (Å²) in [5.74, 6) is 5.09. The zero-order chi connectivity index (χ0) is 22.7. The van der Waals surface area contributed by atoms with Crippen molar-refractivity contribution in [3.8, 4) is 6.07 Å². The highest BCUT2D eigenvalue weighted by atomic mass is 14.5. The molecule has 0 aromatic heterocycles. The molecule has 0 aliphatic heterocycles. The van der Waals surface area contributed by atoms with E-state index in [0.29, 0.717) is 0 Å². The van der Waals surface area contributed by atoms with E-state index in [0.717, 1.165) is 29.6 Å². The first-order valence-corrected chi connectivity index (χ1v) is 15.1. The molecule has 0 spiro atoms. The minimum Gasteiger partial charge on any atom is -0.198 e. The highest BCUT2D eigenvalue weighted by molar-refractivity contribution is 5.02. The number of nitrogens with zero attached hydrogens (tertiary/aromatic N) is 1. The van der Waals surface area contributed by atoms with Crippen molar-refractivity contribution < 1.29 is 0 Å². The second kappa shape index (κ2) is 14.0. The van der Waals surface area contributed by atoms with Gasteiger partial charge in [-0.25, -0.2) is 0 Å². The van der Waals surface area contributed by atoms with Crippen LogP contribution in [0.25, 0.3) is 0 Å². The first-order chi connectivity index (χ1) is 15.7. The number of hydrogen-bond donors (Lipinski definition) is 0. The largest absolute Gasteiger partial charge is 0.198 e. The topological polar surface area (TPSA) is 23.8 Å². The van der Waals surface area contributed by atoms with E-state index in [9.17, 15) is 5.26 Å². The van der Waals surface area contributed by atoms with Gasteiger partial charge in [-0.1, -0.05) is 84.5 Å². The second-order valence-corrected chi connectivity index (χ2v) is 12.3. The van der Waals surface area contributed by atoms with Crippen LogP contribution in [0.5, 0.6) is 0 Å². The SMILES string of the molecule is CCCCCCCC1(C#N)CCC(C2CCC(C3CCC(CCCCC)CC3)CC2)CC1. The van der Waals surface area contributed by atoms with E-state index in [-0.39, 0.29) is 5.41 Å². The van der Waals surface area contributed by atoms with E-state index in [1.54, 1.807) is 12.8 Å². The summed E-state index contributed by atoms with van der Waals surface area (Å²) in [6.45, 7) is 4.61. The fraction of sp³-hybridized carbons (Fsp3) is 0.968. The molecule has 3 aliphatic rings. The van der Waals surface area contributed by atoms with Gasteiger partial charge in [0, 0.05) is 0 Å². The van der Waals surface area contributed by atoms with E-state index < -0.39 is 0 Å². The number of rotatable bonds is 12. The van der Waals surface area contributed by atoms with Crippen molar-refractivity contribution in [2.24, 2.45) is 35.0 Å². The summed E-state index contributed by atoms with van der Waals surface area (Å²) in [7, 11) is 0. The first-order valence-electron chi connectivity index (χ1n) is 15.1. The maximum atomic E-state index is 9.95. The van der Waals surface area contributed by atoms with Crippen LogP contribution in [0.3, 0.4) is 0 Å². The van der Waals surface area contributed by atoms with Crippen LogP contribution >= 0.6 is 0 Å². The third kappa shape index (κ3) is 7.77. The van der Waals surface area contributed by atoms with Gasteiger partial charge in [-0.2, -0.15) is 5.26 Å². The Morgan fingerprint density at radius 1 is 0.594 bits per heavy atom. The molecule has 1 heteroatoms. The maximum Gasteiger partial charge on any atom is 0.0689 e. The molecule has 184 valence electrons. The lowest BCUT2D eigenvalue weighted by atomic mass is 9.62. The lowest BCUT2D eigenvalue weighted by Gasteiger charge is -2.43. The number of hydrogen-bond acceptors (Lipinski definition) is 1. The summed E-state index contributed by atoms with van der Waals surface area (Å²) >= 11 is 0. The highest BCUT2D eigenvalue weighted by Gasteiger charge is 2.39. The first kappa shape index (κ1) is 26.1. The molecule has 0 atom stereocenters. The van der Waals surface area contributed by atoms with Gasteiger partial charge in [-0.3, -0.25) is 0 Å². The van der Waals surface area contributed by atoms with Gasteiger partial charge in [0.15, 0.2) is 0 Å². The Balaban J connectivity index is 1.33. The van der Waals surface area contributed by atoms with Gasteiger partial charge in [0.25, 0.3) is 0 Å². The summed E-state index contributed by atoms with van der Waals surface area (Å²) in [6, 6.07) is 2.80. The Kier molecular flexibility index (Phi) is 11.4. The minimum atomic E-state index is 0.0374. The molecule has 3 saturated carbocycles. The molecule has 0 aromatic carbocycles. The Labute approximate surface area is 201 Å². The molecule has 0 N–H and O–H groups in total. The predicted octanol–water partition coefficient (Wildman–Crippen LogP) is 10.2. The molecular formula is C31H55N. The smallest absolute Gasteiger partial charge is 0.0689 e. The third-order valence-corrected chi connectivity index (χ3v) is 10.2. The fourth-order valence-corrected chi connectivity index (χ4v) is 7.87. The van der Waals surface area contributed by atoms with Crippen LogP contribution in [0.2, 0.25) is 0 Å². The summed E-state index contributed by atoms with van der Waals surface area (Å²) in [5.41, 5.74) is 0.0374. The normalized spacial score (nSPS) is 36.0. The summed E-state index contributed by atoms with van der Waals surface area (Å²) in [4.78, 5) is 0. The molecule has 0 bridgehead atoms. The zero-order valence-corrected chi connectivity index (χ0v) is 21.9. The van der Waals surface area contributed by atoms with Gasteiger partial charge in [0.05, 0.1) is 11.5 Å². The van der Waals surface area contributed by atoms with Crippen LogP contribution in [0.1, 0.15) is 155 Å². The Hall–Kier alpha value is -0.510. The molecule has 1 nitrogen and oxygen atoms in total. The molecular weight excluding hydrogens is 386 g/mol. The molecule has 0 aromatic rings. The summed E-state index contributed by atoms with van der Waals surface area (Å²) in [6.07, 6.45) is 30.9. The lowest BCUT2D eigenvalue weighted by Crippen LogP contribution is -2.32. The second-order valence-electron chi connectivity index (χ2n) is 12.3. The molecule has 0 saturated heterocycles. The van der Waals surface area contributed by atoms with Crippen LogP contribution in [0.15, 0.2) is 0 Å². The van der Waals surface area contributed by atoms with Gasteiger partial charge in [-0.05, 0) is 100 Å². The molecule has 3 fully saturated rings. The van der Waals surface area contributed by atoms with Crippen molar-refractivity contribution in [2.75, 3.05) is 0 Å². The average Bonchev–Trinajstić information content (AvgIpc) is 2.85. The van der Waals surface area contributed by atoms with Gasteiger partial charge >= 0.3 is 0 Å². The number of nitriles is 1. The van der Waals surface area contributed by atoms with Crippen LogP contribution < -0.4 is 0 Å². The average molecular weight is 442 g/mol. The van der Waals surface area contributed by atoms with Crippen LogP contribution in [-0.4, -0.2) is 0 Å². The standard InChI is InChI=1S/C31H55N/c1-3-5-7-8-10-22-31(25-32)23-20-30(21-24-31)29-18-16-28(17-19-29)27-14-12-26(13-15-27)11-9-6-4-2/h26-30H,3-24H2,1-2H3. The van der Waals surface area contributed by atoms with Crippen molar-refractivity contribution in [3.05, 3.63) is 0 Å². The van der Waals surface area contributed by atoms with E-state index >= 15 is 0 Å². The molecule has 0 radical (unpaired) electrons. The predicted molar refractivity (Wildman–Crippen MR) is 138 cm³/mol.